The van der Waals surface area contributed by atoms with Crippen molar-refractivity contribution in [3.05, 3.63) is 59.7 Å². The van der Waals surface area contributed by atoms with Crippen LogP contribution in [0.5, 0.6) is 0 Å². The van der Waals surface area contributed by atoms with Gasteiger partial charge in [-0.2, -0.15) is 0 Å². The fourth-order valence-electron chi connectivity index (χ4n) is 2.23. The maximum Gasteiger partial charge on any atom is 0.251 e. The Morgan fingerprint density at radius 1 is 1.25 bits per heavy atom. The van der Waals surface area contributed by atoms with Gasteiger partial charge in [-0.15, -0.1) is 0 Å². The molecule has 2 heterocycles. The summed E-state index contributed by atoms with van der Waals surface area (Å²) < 4.78 is 5.52. The molecule has 102 valence electrons. The molecule has 0 aliphatic heterocycles. The number of hydrogen-bond donors (Lipinski definition) is 2. The number of carbonyl (C=O) groups excluding carboxylic acids is 1. The van der Waals surface area contributed by atoms with E-state index in [0.717, 1.165) is 22.4 Å². The van der Waals surface area contributed by atoms with E-state index in [-0.39, 0.29) is 11.9 Å². The molecule has 3 aromatic rings. The Hall–Kier alpha value is -2.49. The maximum absolute atomic E-state index is 12.2. The topological polar surface area (TPSA) is 58.0 Å². The first kappa shape index (κ1) is 12.5. The summed E-state index contributed by atoms with van der Waals surface area (Å²) in [6.45, 7) is 3.79. The van der Waals surface area contributed by atoms with Crippen LogP contribution in [0.15, 0.2) is 47.0 Å². The Labute approximate surface area is 116 Å². The van der Waals surface area contributed by atoms with Gasteiger partial charge in [0.15, 0.2) is 0 Å². The van der Waals surface area contributed by atoms with E-state index in [0.29, 0.717) is 5.56 Å². The SMILES string of the molecule is Cc1ccc([C@H](C)NC(=O)c2ccc3cc[nH]c3c2)o1. The number of benzene rings is 1. The summed E-state index contributed by atoms with van der Waals surface area (Å²) in [4.78, 5) is 15.3. The number of H-pyrrole nitrogens is 1. The number of rotatable bonds is 3. The molecule has 2 aromatic heterocycles. The largest absolute Gasteiger partial charge is 0.464 e. The first-order chi connectivity index (χ1) is 9.63. The number of amides is 1. The molecule has 4 nitrogen and oxygen atoms in total. The second-order valence-electron chi connectivity index (χ2n) is 4.92. The summed E-state index contributed by atoms with van der Waals surface area (Å²) in [6.07, 6.45) is 1.86. The molecular formula is C16H16N2O2. The number of carbonyl (C=O) groups is 1. The van der Waals surface area contributed by atoms with E-state index in [2.05, 4.69) is 10.3 Å². The lowest BCUT2D eigenvalue weighted by Gasteiger charge is -2.11. The van der Waals surface area contributed by atoms with E-state index < -0.39 is 0 Å². The van der Waals surface area contributed by atoms with Crippen molar-refractivity contribution in [3.63, 3.8) is 0 Å². The molecule has 4 heteroatoms. The molecule has 0 unspecified atom stereocenters. The van der Waals surface area contributed by atoms with E-state index >= 15 is 0 Å². The monoisotopic (exact) mass is 268 g/mol. The van der Waals surface area contributed by atoms with Gasteiger partial charge in [-0.1, -0.05) is 6.07 Å². The molecule has 2 N–H and O–H groups in total. The molecular weight excluding hydrogens is 252 g/mol. The quantitative estimate of drug-likeness (QED) is 0.763. The standard InChI is InChI=1S/C16H16N2O2/c1-10-3-6-15(20-10)11(2)18-16(19)13-5-4-12-7-8-17-14(12)9-13/h3-9,11,17H,1-2H3,(H,18,19)/t11-/m0/s1. The highest BCUT2D eigenvalue weighted by Crippen LogP contribution is 2.18. The van der Waals surface area contributed by atoms with Crippen LogP contribution in [0.2, 0.25) is 0 Å². The minimum absolute atomic E-state index is 0.108. The van der Waals surface area contributed by atoms with Crippen LogP contribution in [0.25, 0.3) is 10.9 Å². The zero-order chi connectivity index (χ0) is 14.1. The number of hydrogen-bond acceptors (Lipinski definition) is 2. The van der Waals surface area contributed by atoms with Crippen molar-refractivity contribution >= 4 is 16.8 Å². The average molecular weight is 268 g/mol. The van der Waals surface area contributed by atoms with Crippen LogP contribution in [0.1, 0.15) is 34.8 Å². The lowest BCUT2D eigenvalue weighted by molar-refractivity contribution is 0.0935. The molecule has 0 fully saturated rings. The number of furan rings is 1. The molecule has 1 atom stereocenters. The summed E-state index contributed by atoms with van der Waals surface area (Å²) in [5.41, 5.74) is 1.59. The number of aromatic nitrogens is 1. The van der Waals surface area contributed by atoms with E-state index in [9.17, 15) is 4.79 Å². The van der Waals surface area contributed by atoms with Crippen molar-refractivity contribution in [2.24, 2.45) is 0 Å². The Balaban J connectivity index is 1.78. The third-order valence-electron chi connectivity index (χ3n) is 3.35. The van der Waals surface area contributed by atoms with E-state index in [1.165, 1.54) is 0 Å². The van der Waals surface area contributed by atoms with Gasteiger partial charge in [0.25, 0.3) is 5.91 Å². The molecule has 0 spiro atoms. The van der Waals surface area contributed by atoms with E-state index in [4.69, 9.17) is 4.42 Å². The van der Waals surface area contributed by atoms with Crippen LogP contribution >= 0.6 is 0 Å². The Morgan fingerprint density at radius 2 is 2.10 bits per heavy atom. The molecule has 0 aliphatic carbocycles. The van der Waals surface area contributed by atoms with Gasteiger partial charge in [-0.3, -0.25) is 4.79 Å². The molecule has 3 rings (SSSR count). The van der Waals surface area contributed by atoms with Crippen molar-refractivity contribution < 1.29 is 9.21 Å². The van der Waals surface area contributed by atoms with Crippen molar-refractivity contribution in [2.75, 3.05) is 0 Å². The van der Waals surface area contributed by atoms with Gasteiger partial charge in [0.1, 0.15) is 11.5 Å². The molecule has 0 saturated carbocycles. The normalized spacial score (nSPS) is 12.5. The zero-order valence-electron chi connectivity index (χ0n) is 11.4. The smallest absolute Gasteiger partial charge is 0.251 e. The Kier molecular flexibility index (Phi) is 3.06. The lowest BCUT2D eigenvalue weighted by atomic mass is 10.1. The van der Waals surface area contributed by atoms with Crippen LogP contribution in [0, 0.1) is 6.92 Å². The maximum atomic E-state index is 12.2. The predicted molar refractivity (Wildman–Crippen MR) is 77.6 cm³/mol. The van der Waals surface area contributed by atoms with Gasteiger partial charge >= 0.3 is 0 Å². The average Bonchev–Trinajstić information content (AvgIpc) is 3.05. The van der Waals surface area contributed by atoms with Crippen molar-refractivity contribution in [2.45, 2.75) is 19.9 Å². The summed E-state index contributed by atoms with van der Waals surface area (Å²) in [5, 5.41) is 4.03. The first-order valence-corrected chi connectivity index (χ1v) is 6.58. The minimum atomic E-state index is -0.157. The van der Waals surface area contributed by atoms with E-state index in [1.54, 1.807) is 0 Å². The summed E-state index contributed by atoms with van der Waals surface area (Å²) >= 11 is 0. The van der Waals surface area contributed by atoms with Gasteiger partial charge in [0, 0.05) is 17.3 Å². The second-order valence-corrected chi connectivity index (χ2v) is 4.92. The zero-order valence-corrected chi connectivity index (χ0v) is 11.4. The van der Waals surface area contributed by atoms with Crippen molar-refractivity contribution in [1.29, 1.82) is 0 Å². The third kappa shape index (κ3) is 2.32. The Morgan fingerprint density at radius 3 is 2.85 bits per heavy atom. The molecule has 0 bridgehead atoms. The van der Waals surface area contributed by atoms with Gasteiger partial charge < -0.3 is 14.7 Å². The highest BCUT2D eigenvalue weighted by molar-refractivity contribution is 5.98. The minimum Gasteiger partial charge on any atom is -0.464 e. The molecule has 0 aliphatic rings. The van der Waals surface area contributed by atoms with E-state index in [1.807, 2.05) is 56.4 Å². The number of aryl methyl sites for hydroxylation is 1. The fourth-order valence-corrected chi connectivity index (χ4v) is 2.23. The molecule has 0 saturated heterocycles. The van der Waals surface area contributed by atoms with Crippen LogP contribution in [-0.2, 0) is 0 Å². The third-order valence-corrected chi connectivity index (χ3v) is 3.35. The molecule has 1 amide bonds. The van der Waals surface area contributed by atoms with Crippen LogP contribution < -0.4 is 5.32 Å². The summed E-state index contributed by atoms with van der Waals surface area (Å²) in [6, 6.07) is 11.2. The van der Waals surface area contributed by atoms with Crippen molar-refractivity contribution in [3.8, 4) is 0 Å². The number of nitrogens with one attached hydrogen (secondary N) is 2. The lowest BCUT2D eigenvalue weighted by Crippen LogP contribution is -2.26. The van der Waals surface area contributed by atoms with Crippen molar-refractivity contribution in [1.82, 2.24) is 10.3 Å². The molecule has 20 heavy (non-hydrogen) atoms. The highest BCUT2D eigenvalue weighted by Gasteiger charge is 2.14. The summed E-state index contributed by atoms with van der Waals surface area (Å²) in [7, 11) is 0. The summed E-state index contributed by atoms with van der Waals surface area (Å²) in [5.74, 6) is 1.49. The van der Waals surface area contributed by atoms with Crippen LogP contribution in [0.3, 0.4) is 0 Å². The first-order valence-electron chi connectivity index (χ1n) is 6.58. The molecule has 0 radical (unpaired) electrons. The fraction of sp³-hybridized carbons (Fsp3) is 0.188. The number of aromatic amines is 1. The van der Waals surface area contributed by atoms with Gasteiger partial charge in [0.05, 0.1) is 6.04 Å². The van der Waals surface area contributed by atoms with Gasteiger partial charge in [0.2, 0.25) is 0 Å². The second kappa shape index (κ2) is 4.89. The predicted octanol–water partition coefficient (Wildman–Crippen LogP) is 3.56. The van der Waals surface area contributed by atoms with Crippen LogP contribution in [0.4, 0.5) is 0 Å². The van der Waals surface area contributed by atoms with Gasteiger partial charge in [-0.05, 0) is 49.6 Å². The van der Waals surface area contributed by atoms with Crippen LogP contribution in [-0.4, -0.2) is 10.9 Å². The highest BCUT2D eigenvalue weighted by atomic mass is 16.3. The number of fused-ring (bicyclic) bond motifs is 1. The Bertz CT molecular complexity index is 755. The van der Waals surface area contributed by atoms with Gasteiger partial charge in [-0.25, -0.2) is 0 Å². The molecule has 1 aromatic carbocycles.